The van der Waals surface area contributed by atoms with Gasteiger partial charge in [0.2, 0.25) is 0 Å². The molecule has 0 N–H and O–H groups in total. The highest BCUT2D eigenvalue weighted by molar-refractivity contribution is 5.82. The number of aromatic nitrogens is 5. The Bertz CT molecular complexity index is 1180. The van der Waals surface area contributed by atoms with Gasteiger partial charge in [-0.25, -0.2) is 4.52 Å². The molecule has 0 aliphatic heterocycles. The smallest absolute Gasteiger partial charge is 0.280 e. The Morgan fingerprint density at radius 2 is 1.85 bits per heavy atom. The van der Waals surface area contributed by atoms with Crippen molar-refractivity contribution in [1.82, 2.24) is 24.4 Å². The molecule has 5 rings (SSSR count). The summed E-state index contributed by atoms with van der Waals surface area (Å²) in [5.74, 6) is 0.500. The van der Waals surface area contributed by atoms with Gasteiger partial charge < -0.3 is 4.57 Å². The first kappa shape index (κ1) is 16.2. The van der Waals surface area contributed by atoms with Crippen LogP contribution in [0.1, 0.15) is 38.6 Å². The molecule has 0 bridgehead atoms. The fourth-order valence-electron chi connectivity index (χ4n) is 4.30. The van der Waals surface area contributed by atoms with Gasteiger partial charge >= 0.3 is 0 Å². The molecule has 1 aliphatic rings. The highest BCUT2D eigenvalue weighted by Gasteiger charge is 2.25. The van der Waals surface area contributed by atoms with Crippen molar-refractivity contribution in [2.24, 2.45) is 5.92 Å². The van der Waals surface area contributed by atoms with Crippen LogP contribution in [0.3, 0.4) is 0 Å². The molecule has 3 aromatic heterocycles. The summed E-state index contributed by atoms with van der Waals surface area (Å²) in [4.78, 5) is 13.1. The lowest BCUT2D eigenvalue weighted by molar-refractivity contribution is 0.253. The maximum absolute atomic E-state index is 13.1. The van der Waals surface area contributed by atoms with E-state index in [-0.39, 0.29) is 11.6 Å². The molecular weight excluding hydrogens is 338 g/mol. The third kappa shape index (κ3) is 2.55. The summed E-state index contributed by atoms with van der Waals surface area (Å²) >= 11 is 0. The fourth-order valence-corrected chi connectivity index (χ4v) is 4.30. The molecular formula is C21H21N5O. The molecule has 1 saturated carbocycles. The van der Waals surface area contributed by atoms with E-state index in [1.807, 2.05) is 47.2 Å². The second-order valence-electron chi connectivity index (χ2n) is 7.45. The molecule has 6 nitrogen and oxygen atoms in total. The Hall–Kier alpha value is -3.02. The van der Waals surface area contributed by atoms with Gasteiger partial charge in [-0.3, -0.25) is 4.79 Å². The molecule has 0 amide bonds. The van der Waals surface area contributed by atoms with Crippen LogP contribution in [0.5, 0.6) is 0 Å². The van der Waals surface area contributed by atoms with Gasteiger partial charge in [-0.15, -0.1) is 10.2 Å². The monoisotopic (exact) mass is 359 g/mol. The van der Waals surface area contributed by atoms with Crippen LogP contribution in [0.4, 0.5) is 0 Å². The van der Waals surface area contributed by atoms with E-state index < -0.39 is 0 Å². The third-order valence-electron chi connectivity index (χ3n) is 5.80. The minimum absolute atomic E-state index is 0.0718. The number of benzene rings is 1. The lowest BCUT2D eigenvalue weighted by Gasteiger charge is -2.30. The molecule has 136 valence electrons. The molecule has 4 aromatic rings. The van der Waals surface area contributed by atoms with E-state index in [0.29, 0.717) is 22.6 Å². The summed E-state index contributed by atoms with van der Waals surface area (Å²) in [7, 11) is 0. The molecule has 2 atom stereocenters. The van der Waals surface area contributed by atoms with E-state index in [1.165, 1.54) is 19.3 Å². The van der Waals surface area contributed by atoms with Gasteiger partial charge in [0.1, 0.15) is 5.52 Å². The first-order valence-electron chi connectivity index (χ1n) is 9.55. The Kier molecular flexibility index (Phi) is 3.77. The molecule has 3 heterocycles. The van der Waals surface area contributed by atoms with Crippen LogP contribution in [0.2, 0.25) is 0 Å². The van der Waals surface area contributed by atoms with Crippen LogP contribution in [-0.4, -0.2) is 24.4 Å². The minimum atomic E-state index is -0.0718. The molecule has 0 spiro atoms. The van der Waals surface area contributed by atoms with Crippen molar-refractivity contribution >= 4 is 16.7 Å². The van der Waals surface area contributed by atoms with E-state index >= 15 is 0 Å². The van der Waals surface area contributed by atoms with E-state index in [0.717, 1.165) is 17.5 Å². The lowest BCUT2D eigenvalue weighted by atomic mass is 9.85. The molecule has 0 unspecified atom stereocenters. The van der Waals surface area contributed by atoms with Crippen LogP contribution in [0.25, 0.3) is 27.8 Å². The normalized spacial score (nSPS) is 20.3. The van der Waals surface area contributed by atoms with Crippen LogP contribution in [0, 0.1) is 5.92 Å². The van der Waals surface area contributed by atoms with Gasteiger partial charge in [-0.1, -0.05) is 50.1 Å². The van der Waals surface area contributed by atoms with Crippen LogP contribution < -0.4 is 5.56 Å². The van der Waals surface area contributed by atoms with Gasteiger partial charge in [-0.2, -0.15) is 5.10 Å². The number of hydrogen-bond acceptors (Lipinski definition) is 4. The molecule has 1 aliphatic carbocycles. The van der Waals surface area contributed by atoms with Crippen molar-refractivity contribution in [3.05, 3.63) is 59.1 Å². The van der Waals surface area contributed by atoms with Gasteiger partial charge in [0.25, 0.3) is 5.56 Å². The van der Waals surface area contributed by atoms with E-state index in [4.69, 9.17) is 0 Å². The Morgan fingerprint density at radius 1 is 1.04 bits per heavy atom. The Balaban J connectivity index is 1.68. The summed E-state index contributed by atoms with van der Waals surface area (Å²) in [6.07, 6.45) is 8.32. The molecule has 27 heavy (non-hydrogen) atoms. The Morgan fingerprint density at radius 3 is 2.67 bits per heavy atom. The predicted molar refractivity (Wildman–Crippen MR) is 105 cm³/mol. The van der Waals surface area contributed by atoms with E-state index in [9.17, 15) is 4.79 Å². The number of rotatable bonds is 2. The number of pyridine rings is 1. The maximum atomic E-state index is 13.1. The number of hydrogen-bond donors (Lipinski definition) is 0. The van der Waals surface area contributed by atoms with E-state index in [2.05, 4.69) is 22.2 Å². The summed E-state index contributed by atoms with van der Waals surface area (Å²) < 4.78 is 3.58. The van der Waals surface area contributed by atoms with Crippen molar-refractivity contribution in [1.29, 1.82) is 0 Å². The molecule has 0 saturated heterocycles. The Labute approximate surface area is 156 Å². The van der Waals surface area contributed by atoms with Crippen molar-refractivity contribution in [3.63, 3.8) is 0 Å². The minimum Gasteiger partial charge on any atom is -0.310 e. The zero-order valence-electron chi connectivity index (χ0n) is 15.2. The summed E-state index contributed by atoms with van der Waals surface area (Å²) in [5, 5.41) is 13.1. The standard InChI is InChI=1S/C21H21N5O/c1-14-7-5-6-10-17(14)25-12-11-18-19(21(25)27)23-24-20-16(13-22-26(18)20)15-8-3-2-4-9-15/h2-4,8-9,11-14,17H,5-7,10H2,1H3/t14-,17+/m0/s1. The molecule has 6 heteroatoms. The quantitative estimate of drug-likeness (QED) is 0.545. The van der Waals surface area contributed by atoms with Crippen molar-refractivity contribution in [2.45, 2.75) is 38.6 Å². The fraction of sp³-hybridized carbons (Fsp3) is 0.333. The highest BCUT2D eigenvalue weighted by Crippen LogP contribution is 2.33. The molecule has 0 radical (unpaired) electrons. The summed E-state index contributed by atoms with van der Waals surface area (Å²) in [6, 6.07) is 12.2. The number of nitrogens with zero attached hydrogens (tertiary/aromatic N) is 5. The first-order valence-corrected chi connectivity index (χ1v) is 9.55. The zero-order chi connectivity index (χ0) is 18.4. The average molecular weight is 359 g/mol. The van der Waals surface area contributed by atoms with Crippen molar-refractivity contribution in [3.8, 4) is 11.1 Å². The molecule has 1 aromatic carbocycles. The van der Waals surface area contributed by atoms with Gasteiger partial charge in [-0.05, 0) is 30.4 Å². The third-order valence-corrected chi connectivity index (χ3v) is 5.80. The topological polar surface area (TPSA) is 65.1 Å². The number of fused-ring (bicyclic) bond motifs is 3. The molecule has 1 fully saturated rings. The zero-order valence-corrected chi connectivity index (χ0v) is 15.2. The largest absolute Gasteiger partial charge is 0.310 e. The average Bonchev–Trinajstić information content (AvgIpc) is 3.14. The second-order valence-corrected chi connectivity index (χ2v) is 7.45. The van der Waals surface area contributed by atoms with Gasteiger partial charge in [0.15, 0.2) is 11.2 Å². The van der Waals surface area contributed by atoms with Crippen LogP contribution in [-0.2, 0) is 0 Å². The maximum Gasteiger partial charge on any atom is 0.280 e. The summed E-state index contributed by atoms with van der Waals surface area (Å²) in [5.41, 5.74) is 3.62. The highest BCUT2D eigenvalue weighted by atomic mass is 16.1. The van der Waals surface area contributed by atoms with E-state index in [1.54, 1.807) is 10.7 Å². The van der Waals surface area contributed by atoms with Crippen molar-refractivity contribution < 1.29 is 0 Å². The SMILES string of the molecule is C[C@H]1CCCC[C@H]1n1ccc2c(nnc3c(-c4ccccc4)cnn32)c1=O. The lowest BCUT2D eigenvalue weighted by Crippen LogP contribution is -2.31. The van der Waals surface area contributed by atoms with Crippen molar-refractivity contribution in [2.75, 3.05) is 0 Å². The van der Waals surface area contributed by atoms with Gasteiger partial charge in [0, 0.05) is 17.8 Å². The van der Waals surface area contributed by atoms with Gasteiger partial charge in [0.05, 0.1) is 6.20 Å². The second kappa shape index (κ2) is 6.30. The predicted octanol–water partition coefficient (Wildman–Crippen LogP) is 3.86. The van der Waals surface area contributed by atoms with Crippen LogP contribution in [0.15, 0.2) is 53.6 Å². The van der Waals surface area contributed by atoms with Crippen LogP contribution >= 0.6 is 0 Å². The summed E-state index contributed by atoms with van der Waals surface area (Å²) in [6.45, 7) is 2.23. The first-order chi connectivity index (χ1) is 13.2.